The molecular formula is C56H88O23. The SMILES string of the molecule is CC=C(C)C(=O)O[C@@H]1[C@H](O)[C@@H](O)[C@@H](O[C@H]2[C@H](OC(C)=O)[C@]3(CO)[C@H](O)[C@H](O)[C@]4(C)C(=CC[C@@H]5[C@@]6(C)CC[C@H](O[C@@H]7O[C@H](C(=O)OC)[C@@H](O)[C@H](O)[C@H]7O[C@@H]7O[C@H](CO)[C@@H](O)[C@H](O)[C@H]7O)C(C)(C)[C@@H]6CC[C@]54C)[C@@H]3CC2(C)C)O[C@H]1C. The zero-order valence-electron chi connectivity index (χ0n) is 47.4. The molecule has 79 heavy (non-hydrogen) atoms. The van der Waals surface area contributed by atoms with E-state index in [4.69, 9.17) is 42.6 Å². The van der Waals surface area contributed by atoms with Crippen molar-refractivity contribution >= 4 is 17.9 Å². The fourth-order valence-corrected chi connectivity index (χ4v) is 16.4. The van der Waals surface area contributed by atoms with Crippen LogP contribution in [0.4, 0.5) is 0 Å². The first-order chi connectivity index (χ1) is 36.8. The summed E-state index contributed by atoms with van der Waals surface area (Å²) in [5.74, 6) is -3.38. The van der Waals surface area contributed by atoms with Crippen LogP contribution < -0.4 is 0 Å². The summed E-state index contributed by atoms with van der Waals surface area (Å²) >= 11 is 0. The third-order valence-corrected chi connectivity index (χ3v) is 21.2. The highest BCUT2D eigenvalue weighted by Gasteiger charge is 2.76. The van der Waals surface area contributed by atoms with Gasteiger partial charge in [0, 0.05) is 17.9 Å². The number of allylic oxidation sites excluding steroid dienone is 2. The van der Waals surface area contributed by atoms with Crippen LogP contribution in [-0.2, 0) is 57.0 Å². The molecule has 5 aliphatic carbocycles. The van der Waals surface area contributed by atoms with Crippen LogP contribution in [0.2, 0.25) is 0 Å². The van der Waals surface area contributed by atoms with Gasteiger partial charge in [-0.25, -0.2) is 9.59 Å². The number of hydrogen-bond donors (Lipinski definition) is 11. The quantitative estimate of drug-likeness (QED) is 0.0396. The second kappa shape index (κ2) is 22.3. The molecule has 23 heteroatoms. The van der Waals surface area contributed by atoms with Gasteiger partial charge in [0.15, 0.2) is 31.1 Å². The van der Waals surface area contributed by atoms with Gasteiger partial charge in [-0.15, -0.1) is 0 Å². The average Bonchev–Trinajstić information content (AvgIpc) is 1.55. The molecule has 0 amide bonds. The molecule has 11 N–H and O–H groups in total. The standard InChI is InChI=1S/C56H88O23/c1-13-23(2)46(69)76-39-24(3)72-48(38(66)36(39)64)79-44-45(73-25(4)59)56(22-58)27(20-51(44,5)6)26-14-15-30-53(9)18-17-31(52(7,8)29(53)16-19-54(30,10)55(26,11)42(67)43(56)68)75-50-41(35(63)34(62)40(77-50)47(70)71-12)78-49-37(65)33(61)32(60)28(21-57)74-49/h13-14,24,27-45,48-50,57-58,60-68H,15-22H2,1-12H3/t24-,27-,28+,29-,30+,31-,32+,33-,34-,35-,36+,37+,38+,39-,40-,41+,42-,43+,44-,45-,48+,49-,50+,53-,54+,55-,56-/m0/s1. The molecule has 4 saturated carbocycles. The number of fused-ring (bicyclic) bond motifs is 7. The van der Waals surface area contributed by atoms with Crippen molar-refractivity contribution in [2.75, 3.05) is 20.3 Å². The summed E-state index contributed by atoms with van der Waals surface area (Å²) in [4.78, 5) is 38.9. The summed E-state index contributed by atoms with van der Waals surface area (Å²) < 4.78 is 53.8. The largest absolute Gasteiger partial charge is 0.467 e. The van der Waals surface area contributed by atoms with Crippen molar-refractivity contribution < 1.29 is 113 Å². The molecule has 0 spiro atoms. The molecule has 3 heterocycles. The molecule has 3 saturated heterocycles. The van der Waals surface area contributed by atoms with E-state index in [0.29, 0.717) is 32.1 Å². The molecule has 8 rings (SSSR count). The number of esters is 3. The second-order valence-corrected chi connectivity index (χ2v) is 25.9. The van der Waals surface area contributed by atoms with Crippen molar-refractivity contribution in [3.63, 3.8) is 0 Å². The van der Waals surface area contributed by atoms with Gasteiger partial charge in [0.05, 0.1) is 50.2 Å². The minimum Gasteiger partial charge on any atom is -0.467 e. The maximum absolute atomic E-state index is 13.3. The summed E-state index contributed by atoms with van der Waals surface area (Å²) in [7, 11) is 1.08. The molecule has 23 nitrogen and oxygen atoms in total. The number of ether oxygens (including phenoxy) is 9. The zero-order valence-corrected chi connectivity index (χ0v) is 47.4. The molecular weight excluding hydrogens is 1040 g/mol. The maximum atomic E-state index is 13.3. The Morgan fingerprint density at radius 1 is 0.696 bits per heavy atom. The predicted octanol–water partition coefficient (Wildman–Crippen LogP) is -0.207. The molecule has 450 valence electrons. The molecule has 8 aliphatic rings. The van der Waals surface area contributed by atoms with Crippen LogP contribution >= 0.6 is 0 Å². The molecule has 0 radical (unpaired) electrons. The third kappa shape index (κ3) is 9.76. The molecule has 0 aromatic carbocycles. The van der Waals surface area contributed by atoms with Crippen molar-refractivity contribution in [2.45, 2.75) is 237 Å². The summed E-state index contributed by atoms with van der Waals surface area (Å²) in [6.07, 6.45) is -24.6. The highest BCUT2D eigenvalue weighted by Crippen LogP contribution is 2.76. The van der Waals surface area contributed by atoms with Crippen LogP contribution in [0.5, 0.6) is 0 Å². The van der Waals surface area contributed by atoms with Crippen molar-refractivity contribution in [2.24, 2.45) is 50.2 Å². The molecule has 0 unspecified atom stereocenters. The van der Waals surface area contributed by atoms with Gasteiger partial charge in [0.25, 0.3) is 0 Å². The summed E-state index contributed by atoms with van der Waals surface area (Å²) in [5.41, 5.74) is -4.63. The highest BCUT2D eigenvalue weighted by molar-refractivity contribution is 5.87. The number of methoxy groups -OCH3 is 1. The van der Waals surface area contributed by atoms with E-state index in [2.05, 4.69) is 33.8 Å². The van der Waals surface area contributed by atoms with E-state index in [1.807, 2.05) is 20.8 Å². The lowest BCUT2D eigenvalue weighted by Crippen LogP contribution is -2.77. The number of aliphatic hydroxyl groups is 11. The van der Waals surface area contributed by atoms with Crippen LogP contribution in [-0.4, -0.2) is 217 Å². The minimum atomic E-state index is -1.91. The first kappa shape index (κ1) is 62.3. The van der Waals surface area contributed by atoms with Gasteiger partial charge in [-0.2, -0.15) is 0 Å². The number of rotatable bonds is 12. The van der Waals surface area contributed by atoms with Crippen LogP contribution in [0.1, 0.15) is 115 Å². The van der Waals surface area contributed by atoms with E-state index in [1.54, 1.807) is 26.8 Å². The van der Waals surface area contributed by atoms with Gasteiger partial charge < -0.3 is 98.8 Å². The van der Waals surface area contributed by atoms with Crippen LogP contribution in [0, 0.1) is 50.2 Å². The molecule has 0 aromatic rings. The fraction of sp³-hybridized carbons (Fsp3) is 0.875. The van der Waals surface area contributed by atoms with Crippen molar-refractivity contribution in [3.05, 3.63) is 23.3 Å². The lowest BCUT2D eigenvalue weighted by atomic mass is 9.32. The smallest absolute Gasteiger partial charge is 0.337 e. The Morgan fingerprint density at radius 2 is 1.33 bits per heavy atom. The Balaban J connectivity index is 1.08. The number of hydrogen-bond acceptors (Lipinski definition) is 23. The monoisotopic (exact) mass is 1130 g/mol. The molecule has 7 fully saturated rings. The number of aliphatic hydroxyl groups excluding tert-OH is 11. The normalized spacial score (nSPS) is 50.3. The summed E-state index contributed by atoms with van der Waals surface area (Å²) in [5, 5.41) is 125. The van der Waals surface area contributed by atoms with Gasteiger partial charge in [-0.3, -0.25) is 4.79 Å². The lowest BCUT2D eigenvalue weighted by molar-refractivity contribution is -0.375. The Bertz CT molecular complexity index is 2310. The van der Waals surface area contributed by atoms with Gasteiger partial charge in [0.2, 0.25) is 0 Å². The Hall–Kier alpha value is -2.79. The first-order valence-electron chi connectivity index (χ1n) is 27.9. The molecule has 3 aliphatic heterocycles. The summed E-state index contributed by atoms with van der Waals surface area (Å²) in [6.45, 7) is 18.7. The van der Waals surface area contributed by atoms with E-state index in [0.717, 1.165) is 12.7 Å². The van der Waals surface area contributed by atoms with Crippen molar-refractivity contribution in [1.82, 2.24) is 0 Å². The minimum absolute atomic E-state index is 0.0871. The Morgan fingerprint density at radius 3 is 1.94 bits per heavy atom. The van der Waals surface area contributed by atoms with E-state index in [-0.39, 0.29) is 23.8 Å². The van der Waals surface area contributed by atoms with Crippen LogP contribution in [0.15, 0.2) is 23.3 Å². The summed E-state index contributed by atoms with van der Waals surface area (Å²) in [6, 6.07) is 0. The predicted molar refractivity (Wildman–Crippen MR) is 272 cm³/mol. The third-order valence-electron chi connectivity index (χ3n) is 21.2. The molecule has 0 bridgehead atoms. The first-order valence-corrected chi connectivity index (χ1v) is 27.9. The van der Waals surface area contributed by atoms with Gasteiger partial charge in [-0.05, 0) is 98.7 Å². The van der Waals surface area contributed by atoms with Gasteiger partial charge in [-0.1, -0.05) is 66.2 Å². The topological polar surface area (TPSA) is 357 Å². The fourth-order valence-electron chi connectivity index (χ4n) is 16.4. The molecule has 0 aromatic heterocycles. The Labute approximate surface area is 461 Å². The van der Waals surface area contributed by atoms with Crippen molar-refractivity contribution in [3.8, 4) is 0 Å². The van der Waals surface area contributed by atoms with Crippen LogP contribution in [0.25, 0.3) is 0 Å². The van der Waals surface area contributed by atoms with E-state index < -0.39 is 192 Å². The van der Waals surface area contributed by atoms with E-state index in [1.165, 1.54) is 6.92 Å². The zero-order chi connectivity index (χ0) is 58.6. The van der Waals surface area contributed by atoms with E-state index >= 15 is 0 Å². The molecule has 27 atom stereocenters. The van der Waals surface area contributed by atoms with E-state index in [9.17, 15) is 70.6 Å². The van der Waals surface area contributed by atoms with Gasteiger partial charge >= 0.3 is 17.9 Å². The average molecular weight is 1130 g/mol. The number of carbonyl (C=O) groups is 3. The van der Waals surface area contributed by atoms with Crippen molar-refractivity contribution in [1.29, 1.82) is 0 Å². The lowest BCUT2D eigenvalue weighted by Gasteiger charge is -2.73. The number of carbonyl (C=O) groups excluding carboxylic acids is 3. The maximum Gasteiger partial charge on any atom is 0.337 e. The van der Waals surface area contributed by atoms with Gasteiger partial charge in [0.1, 0.15) is 67.1 Å². The highest BCUT2D eigenvalue weighted by atomic mass is 16.8. The Kier molecular flexibility index (Phi) is 17.6. The van der Waals surface area contributed by atoms with Crippen LogP contribution in [0.3, 0.4) is 0 Å². The second-order valence-electron chi connectivity index (χ2n) is 25.9.